The molecule has 0 radical (unpaired) electrons. The standard InChI is InChI=1S/C27H26N2O3/c1-16-3-4-18(11-17(16)2)21-14-23-22-13-20(27(31)29-7-9-32-10-8-29)6-5-19(22)12-24(23)25(15-21)26(28)30/h3-6,11,13-15H,7-10,12H2,1-2H3,(H2,28,30). The van der Waals surface area contributed by atoms with Gasteiger partial charge in [0.25, 0.3) is 5.91 Å². The SMILES string of the molecule is Cc1ccc(-c2cc(C(N)=O)c3c(c2)-c2cc(C(=O)N4CCOCC4)ccc2C3)cc1C. The lowest BCUT2D eigenvalue weighted by atomic mass is 9.92. The zero-order chi connectivity index (χ0) is 22.4. The number of amides is 2. The molecule has 32 heavy (non-hydrogen) atoms. The Bertz CT molecular complexity index is 1260. The Balaban J connectivity index is 1.61. The molecule has 0 unspecified atom stereocenters. The van der Waals surface area contributed by atoms with Crippen LogP contribution in [0, 0.1) is 13.8 Å². The number of fused-ring (bicyclic) bond motifs is 3. The van der Waals surface area contributed by atoms with Crippen molar-refractivity contribution in [2.75, 3.05) is 26.3 Å². The largest absolute Gasteiger partial charge is 0.378 e. The van der Waals surface area contributed by atoms with E-state index in [1.165, 1.54) is 11.1 Å². The Morgan fingerprint density at radius 1 is 0.875 bits per heavy atom. The van der Waals surface area contributed by atoms with Crippen LogP contribution in [0.2, 0.25) is 0 Å². The van der Waals surface area contributed by atoms with Gasteiger partial charge in [0.15, 0.2) is 0 Å². The number of rotatable bonds is 3. The molecule has 0 atom stereocenters. The van der Waals surface area contributed by atoms with Crippen molar-refractivity contribution in [2.45, 2.75) is 20.3 Å². The van der Waals surface area contributed by atoms with Crippen LogP contribution < -0.4 is 5.73 Å². The zero-order valence-electron chi connectivity index (χ0n) is 18.4. The lowest BCUT2D eigenvalue weighted by Crippen LogP contribution is -2.40. The van der Waals surface area contributed by atoms with E-state index in [1.54, 1.807) is 0 Å². The van der Waals surface area contributed by atoms with Crippen LogP contribution in [0.15, 0.2) is 48.5 Å². The van der Waals surface area contributed by atoms with Gasteiger partial charge < -0.3 is 15.4 Å². The average Bonchev–Trinajstić information content (AvgIpc) is 3.18. The van der Waals surface area contributed by atoms with Crippen molar-refractivity contribution in [2.24, 2.45) is 5.73 Å². The fourth-order valence-electron chi connectivity index (χ4n) is 4.66. The van der Waals surface area contributed by atoms with Crippen LogP contribution >= 0.6 is 0 Å². The molecule has 3 aromatic carbocycles. The maximum atomic E-state index is 13.0. The van der Waals surface area contributed by atoms with E-state index in [9.17, 15) is 9.59 Å². The van der Waals surface area contributed by atoms with Crippen LogP contribution in [0.1, 0.15) is 43.0 Å². The zero-order valence-corrected chi connectivity index (χ0v) is 18.4. The van der Waals surface area contributed by atoms with Gasteiger partial charge >= 0.3 is 0 Å². The Hall–Kier alpha value is -3.44. The number of benzene rings is 3. The van der Waals surface area contributed by atoms with Crippen LogP contribution in [-0.2, 0) is 11.2 Å². The first-order valence-corrected chi connectivity index (χ1v) is 11.0. The predicted octanol–water partition coefficient (Wildman–Crippen LogP) is 4.11. The first kappa shape index (κ1) is 20.5. The minimum atomic E-state index is -0.427. The number of nitrogens with two attached hydrogens (primary N) is 1. The molecule has 0 bridgehead atoms. The summed E-state index contributed by atoms with van der Waals surface area (Å²) in [6, 6.07) is 16.2. The van der Waals surface area contributed by atoms with Crippen LogP contribution in [0.25, 0.3) is 22.3 Å². The van der Waals surface area contributed by atoms with E-state index in [4.69, 9.17) is 10.5 Å². The van der Waals surface area contributed by atoms with Gasteiger partial charge in [-0.1, -0.05) is 24.3 Å². The highest BCUT2D eigenvalue weighted by Gasteiger charge is 2.27. The van der Waals surface area contributed by atoms with Crippen molar-refractivity contribution in [3.05, 3.63) is 81.9 Å². The molecule has 5 heteroatoms. The first-order chi connectivity index (χ1) is 15.4. The Morgan fingerprint density at radius 3 is 2.38 bits per heavy atom. The lowest BCUT2D eigenvalue weighted by molar-refractivity contribution is 0.0303. The summed E-state index contributed by atoms with van der Waals surface area (Å²) < 4.78 is 5.38. The number of ether oxygens (including phenoxy) is 1. The minimum absolute atomic E-state index is 0.0185. The predicted molar refractivity (Wildman–Crippen MR) is 125 cm³/mol. The molecule has 1 heterocycles. The summed E-state index contributed by atoms with van der Waals surface area (Å²) in [7, 11) is 0. The number of nitrogens with zero attached hydrogens (tertiary/aromatic N) is 1. The van der Waals surface area contributed by atoms with Crippen LogP contribution in [-0.4, -0.2) is 43.0 Å². The summed E-state index contributed by atoms with van der Waals surface area (Å²) in [5.74, 6) is -0.408. The number of morpholine rings is 1. The summed E-state index contributed by atoms with van der Waals surface area (Å²) in [4.78, 5) is 27.2. The maximum Gasteiger partial charge on any atom is 0.254 e. The number of carbonyl (C=O) groups is 2. The summed E-state index contributed by atoms with van der Waals surface area (Å²) in [6.07, 6.45) is 0.641. The van der Waals surface area contributed by atoms with Gasteiger partial charge in [-0.05, 0) is 89.0 Å². The third-order valence-corrected chi connectivity index (χ3v) is 6.67. The fraction of sp³-hybridized carbons (Fsp3) is 0.259. The summed E-state index contributed by atoms with van der Waals surface area (Å²) in [5, 5.41) is 0. The van der Waals surface area contributed by atoms with E-state index >= 15 is 0 Å². The van der Waals surface area contributed by atoms with Crippen molar-refractivity contribution in [3.8, 4) is 22.3 Å². The van der Waals surface area contributed by atoms with Crippen molar-refractivity contribution >= 4 is 11.8 Å². The molecule has 0 aromatic heterocycles. The molecule has 1 aliphatic carbocycles. The number of carbonyl (C=O) groups excluding carboxylic acids is 2. The van der Waals surface area contributed by atoms with Crippen LogP contribution in [0.5, 0.6) is 0 Å². The number of hydrogen-bond acceptors (Lipinski definition) is 3. The summed E-state index contributed by atoms with van der Waals surface area (Å²) in [5.41, 5.74) is 15.5. The maximum absolute atomic E-state index is 13.0. The van der Waals surface area contributed by atoms with Gasteiger partial charge in [0.1, 0.15) is 0 Å². The lowest BCUT2D eigenvalue weighted by Gasteiger charge is -2.27. The topological polar surface area (TPSA) is 72.6 Å². The van der Waals surface area contributed by atoms with Gasteiger partial charge in [-0.2, -0.15) is 0 Å². The van der Waals surface area contributed by atoms with E-state index < -0.39 is 5.91 Å². The molecule has 162 valence electrons. The molecule has 2 N–H and O–H groups in total. The molecular formula is C27H26N2O3. The minimum Gasteiger partial charge on any atom is -0.378 e. The van der Waals surface area contributed by atoms with E-state index in [1.807, 2.05) is 29.2 Å². The van der Waals surface area contributed by atoms with Gasteiger partial charge in [-0.25, -0.2) is 0 Å². The van der Waals surface area contributed by atoms with Crippen LogP contribution in [0.3, 0.4) is 0 Å². The second-order valence-corrected chi connectivity index (χ2v) is 8.67. The van der Waals surface area contributed by atoms with Gasteiger partial charge in [0.05, 0.1) is 13.2 Å². The van der Waals surface area contributed by atoms with E-state index in [-0.39, 0.29) is 5.91 Å². The molecule has 0 saturated carbocycles. The molecule has 2 aliphatic rings. The highest BCUT2D eigenvalue weighted by atomic mass is 16.5. The Morgan fingerprint density at radius 2 is 1.66 bits per heavy atom. The third-order valence-electron chi connectivity index (χ3n) is 6.67. The van der Waals surface area contributed by atoms with Gasteiger partial charge in [0.2, 0.25) is 5.91 Å². The normalized spacial score (nSPS) is 14.8. The van der Waals surface area contributed by atoms with Gasteiger partial charge in [-0.3, -0.25) is 9.59 Å². The summed E-state index contributed by atoms with van der Waals surface area (Å²) in [6.45, 7) is 6.52. The average molecular weight is 427 g/mol. The molecule has 1 saturated heterocycles. The Kier molecular flexibility index (Phi) is 5.06. The second-order valence-electron chi connectivity index (χ2n) is 8.67. The molecule has 5 nitrogen and oxygen atoms in total. The smallest absolute Gasteiger partial charge is 0.254 e. The van der Waals surface area contributed by atoms with E-state index in [0.29, 0.717) is 43.9 Å². The number of hydrogen-bond donors (Lipinski definition) is 1. The molecule has 0 spiro atoms. The highest BCUT2D eigenvalue weighted by Crippen LogP contribution is 2.41. The molecule has 1 fully saturated rings. The number of primary amides is 1. The first-order valence-electron chi connectivity index (χ1n) is 11.0. The Labute approximate surface area is 187 Å². The molecule has 2 amide bonds. The summed E-state index contributed by atoms with van der Waals surface area (Å²) >= 11 is 0. The highest BCUT2D eigenvalue weighted by molar-refractivity contribution is 6.01. The van der Waals surface area contributed by atoms with Gasteiger partial charge in [-0.15, -0.1) is 0 Å². The van der Waals surface area contributed by atoms with Crippen molar-refractivity contribution in [1.29, 1.82) is 0 Å². The third kappa shape index (κ3) is 3.49. The molecule has 3 aromatic rings. The fourth-order valence-corrected chi connectivity index (χ4v) is 4.66. The second kappa shape index (κ2) is 7.92. The molecule has 1 aliphatic heterocycles. The van der Waals surface area contributed by atoms with Crippen molar-refractivity contribution in [1.82, 2.24) is 4.90 Å². The van der Waals surface area contributed by atoms with Crippen molar-refractivity contribution < 1.29 is 14.3 Å². The quantitative estimate of drug-likeness (QED) is 0.536. The van der Waals surface area contributed by atoms with Crippen molar-refractivity contribution in [3.63, 3.8) is 0 Å². The van der Waals surface area contributed by atoms with Gasteiger partial charge in [0, 0.05) is 24.2 Å². The number of aryl methyl sites for hydroxylation is 2. The van der Waals surface area contributed by atoms with Crippen LogP contribution in [0.4, 0.5) is 0 Å². The molecular weight excluding hydrogens is 400 g/mol. The monoisotopic (exact) mass is 426 g/mol. The van der Waals surface area contributed by atoms with E-state index in [0.717, 1.165) is 33.4 Å². The molecule has 5 rings (SSSR count). The van der Waals surface area contributed by atoms with E-state index in [2.05, 4.69) is 38.1 Å².